The summed E-state index contributed by atoms with van der Waals surface area (Å²) in [5.74, 6) is -0.0326. The summed E-state index contributed by atoms with van der Waals surface area (Å²) in [4.78, 5) is 41.6. The van der Waals surface area contributed by atoms with Crippen LogP contribution in [0.4, 0.5) is 0 Å². The lowest BCUT2D eigenvalue weighted by Gasteiger charge is -2.24. The summed E-state index contributed by atoms with van der Waals surface area (Å²) in [6.45, 7) is 3.76. The number of pyridine rings is 1. The standard InChI is InChI=1S/C17H17N5O2S/c1-10(12-4-6-18-7-5-12)22(3)17(24)13-8-19-15(21-16(13)23)14-9-25-11(2)20-14/h4-10H,1-3H3,(H,19,21,23)/t10-/m1/s1. The van der Waals surface area contributed by atoms with Gasteiger partial charge in [-0.25, -0.2) is 9.97 Å². The Labute approximate surface area is 148 Å². The molecule has 25 heavy (non-hydrogen) atoms. The summed E-state index contributed by atoms with van der Waals surface area (Å²) in [5, 5.41) is 2.69. The van der Waals surface area contributed by atoms with Gasteiger partial charge in [0.15, 0.2) is 5.82 Å². The first-order chi connectivity index (χ1) is 12.0. The van der Waals surface area contributed by atoms with E-state index in [4.69, 9.17) is 0 Å². The first kappa shape index (κ1) is 17.0. The highest BCUT2D eigenvalue weighted by atomic mass is 32.1. The molecule has 0 unspecified atom stereocenters. The zero-order valence-electron chi connectivity index (χ0n) is 14.1. The quantitative estimate of drug-likeness (QED) is 0.776. The maximum absolute atomic E-state index is 12.7. The fraction of sp³-hybridized carbons (Fsp3) is 0.235. The molecule has 3 aromatic heterocycles. The number of aromatic amines is 1. The van der Waals surface area contributed by atoms with E-state index in [1.807, 2.05) is 31.4 Å². The van der Waals surface area contributed by atoms with Crippen LogP contribution in [0.15, 0.2) is 40.9 Å². The van der Waals surface area contributed by atoms with Gasteiger partial charge in [-0.15, -0.1) is 11.3 Å². The van der Waals surface area contributed by atoms with Gasteiger partial charge in [-0.05, 0) is 31.5 Å². The van der Waals surface area contributed by atoms with Gasteiger partial charge in [0, 0.05) is 31.0 Å². The molecule has 0 saturated heterocycles. The van der Waals surface area contributed by atoms with Crippen molar-refractivity contribution < 1.29 is 4.79 Å². The molecule has 1 N–H and O–H groups in total. The van der Waals surface area contributed by atoms with Crippen LogP contribution in [-0.2, 0) is 0 Å². The van der Waals surface area contributed by atoms with Gasteiger partial charge < -0.3 is 9.88 Å². The van der Waals surface area contributed by atoms with E-state index in [-0.39, 0.29) is 17.5 Å². The Kier molecular flexibility index (Phi) is 4.71. The summed E-state index contributed by atoms with van der Waals surface area (Å²) in [5.41, 5.74) is 1.05. The first-order valence-electron chi connectivity index (χ1n) is 7.66. The van der Waals surface area contributed by atoms with Gasteiger partial charge in [0.05, 0.1) is 11.0 Å². The fourth-order valence-electron chi connectivity index (χ4n) is 2.38. The van der Waals surface area contributed by atoms with Crippen molar-refractivity contribution >= 4 is 17.2 Å². The molecule has 3 heterocycles. The van der Waals surface area contributed by atoms with Crippen molar-refractivity contribution in [3.8, 4) is 11.5 Å². The summed E-state index contributed by atoms with van der Waals surface area (Å²) in [6.07, 6.45) is 4.65. The second kappa shape index (κ2) is 6.94. The van der Waals surface area contributed by atoms with Gasteiger partial charge in [0.25, 0.3) is 11.5 Å². The van der Waals surface area contributed by atoms with Crippen molar-refractivity contribution in [1.82, 2.24) is 24.8 Å². The average molecular weight is 355 g/mol. The van der Waals surface area contributed by atoms with Crippen molar-refractivity contribution in [1.29, 1.82) is 0 Å². The summed E-state index contributed by atoms with van der Waals surface area (Å²) in [6, 6.07) is 3.48. The van der Waals surface area contributed by atoms with Gasteiger partial charge in [-0.3, -0.25) is 14.6 Å². The van der Waals surface area contributed by atoms with E-state index >= 15 is 0 Å². The zero-order valence-corrected chi connectivity index (χ0v) is 14.9. The molecule has 3 aromatic rings. The van der Waals surface area contributed by atoms with Crippen LogP contribution in [0.3, 0.4) is 0 Å². The number of hydrogen-bond acceptors (Lipinski definition) is 6. The van der Waals surface area contributed by atoms with Crippen molar-refractivity contribution in [2.24, 2.45) is 0 Å². The lowest BCUT2D eigenvalue weighted by Crippen LogP contribution is -2.34. The van der Waals surface area contributed by atoms with E-state index in [0.717, 1.165) is 10.6 Å². The highest BCUT2D eigenvalue weighted by Gasteiger charge is 2.22. The molecule has 0 spiro atoms. The second-order valence-corrected chi connectivity index (χ2v) is 6.66. The summed E-state index contributed by atoms with van der Waals surface area (Å²) >= 11 is 1.47. The largest absolute Gasteiger partial charge is 0.335 e. The molecule has 0 bridgehead atoms. The SMILES string of the molecule is Cc1nc(-c2ncc(C(=O)N(C)[C@H](C)c3ccncc3)c(=O)[nH]2)cs1. The first-order valence-corrected chi connectivity index (χ1v) is 8.54. The average Bonchev–Trinajstić information content (AvgIpc) is 3.07. The maximum Gasteiger partial charge on any atom is 0.264 e. The maximum atomic E-state index is 12.7. The third-order valence-electron chi connectivity index (χ3n) is 3.98. The highest BCUT2D eigenvalue weighted by molar-refractivity contribution is 7.09. The number of H-pyrrole nitrogens is 1. The summed E-state index contributed by atoms with van der Waals surface area (Å²) < 4.78 is 0. The molecule has 0 radical (unpaired) electrons. The fourth-order valence-corrected chi connectivity index (χ4v) is 2.98. The van der Waals surface area contributed by atoms with Crippen LogP contribution in [-0.4, -0.2) is 37.8 Å². The number of rotatable bonds is 4. The number of thiazole rings is 1. The van der Waals surface area contributed by atoms with Crippen LogP contribution in [0.5, 0.6) is 0 Å². The second-order valence-electron chi connectivity index (χ2n) is 5.60. The van der Waals surface area contributed by atoms with Crippen LogP contribution >= 0.6 is 11.3 Å². The Balaban J connectivity index is 1.86. The van der Waals surface area contributed by atoms with E-state index in [9.17, 15) is 9.59 Å². The molecule has 0 aliphatic rings. The van der Waals surface area contributed by atoms with E-state index < -0.39 is 5.56 Å². The topological polar surface area (TPSA) is 91.8 Å². The van der Waals surface area contributed by atoms with E-state index in [2.05, 4.69) is 19.9 Å². The number of carbonyl (C=O) groups is 1. The Hall–Kier alpha value is -2.87. The van der Waals surface area contributed by atoms with Gasteiger partial charge in [0.1, 0.15) is 11.3 Å². The Bertz CT molecular complexity index is 951. The van der Waals surface area contributed by atoms with Crippen LogP contribution < -0.4 is 5.56 Å². The number of aromatic nitrogens is 4. The minimum absolute atomic E-state index is 0.000826. The Morgan fingerprint density at radius 2 is 2.04 bits per heavy atom. The van der Waals surface area contributed by atoms with Crippen LogP contribution in [0.1, 0.15) is 33.9 Å². The third-order valence-corrected chi connectivity index (χ3v) is 4.75. The van der Waals surface area contributed by atoms with Gasteiger partial charge in [-0.2, -0.15) is 0 Å². The van der Waals surface area contributed by atoms with Gasteiger partial charge in [-0.1, -0.05) is 0 Å². The molecular weight excluding hydrogens is 338 g/mol. The molecular formula is C17H17N5O2S. The highest BCUT2D eigenvalue weighted by Crippen LogP contribution is 2.20. The van der Waals surface area contributed by atoms with Crippen molar-refractivity contribution in [3.05, 3.63) is 62.6 Å². The Morgan fingerprint density at radius 3 is 2.64 bits per heavy atom. The summed E-state index contributed by atoms with van der Waals surface area (Å²) in [7, 11) is 1.66. The number of hydrogen-bond donors (Lipinski definition) is 1. The minimum atomic E-state index is -0.477. The van der Waals surface area contributed by atoms with E-state index in [1.54, 1.807) is 19.4 Å². The molecule has 128 valence electrons. The van der Waals surface area contributed by atoms with Crippen LogP contribution in [0, 0.1) is 6.92 Å². The van der Waals surface area contributed by atoms with E-state index in [0.29, 0.717) is 11.5 Å². The predicted octanol–water partition coefficient (Wildman–Crippen LogP) is 2.43. The molecule has 0 aliphatic heterocycles. The molecule has 0 fully saturated rings. The number of nitrogens with one attached hydrogen (secondary N) is 1. The van der Waals surface area contributed by atoms with Gasteiger partial charge in [0.2, 0.25) is 0 Å². The normalized spacial score (nSPS) is 12.0. The zero-order chi connectivity index (χ0) is 18.0. The minimum Gasteiger partial charge on any atom is -0.335 e. The lowest BCUT2D eigenvalue weighted by atomic mass is 10.1. The number of aryl methyl sites for hydroxylation is 1. The Morgan fingerprint density at radius 1 is 1.32 bits per heavy atom. The van der Waals surface area contributed by atoms with Gasteiger partial charge >= 0.3 is 0 Å². The lowest BCUT2D eigenvalue weighted by molar-refractivity contribution is 0.0740. The molecule has 0 aromatic carbocycles. The van der Waals surface area contributed by atoms with Crippen LogP contribution in [0.2, 0.25) is 0 Å². The predicted molar refractivity (Wildman–Crippen MR) is 95.4 cm³/mol. The number of nitrogens with zero attached hydrogens (tertiary/aromatic N) is 4. The molecule has 1 atom stereocenters. The van der Waals surface area contributed by atoms with E-state index in [1.165, 1.54) is 22.4 Å². The monoisotopic (exact) mass is 355 g/mol. The number of amides is 1. The molecule has 0 saturated carbocycles. The molecule has 0 aliphatic carbocycles. The third kappa shape index (κ3) is 3.48. The smallest absolute Gasteiger partial charge is 0.264 e. The van der Waals surface area contributed by atoms with Crippen molar-refractivity contribution in [2.75, 3.05) is 7.05 Å². The molecule has 1 amide bonds. The van der Waals surface area contributed by atoms with Crippen molar-refractivity contribution in [2.45, 2.75) is 19.9 Å². The molecule has 3 rings (SSSR count). The molecule has 8 heteroatoms. The van der Waals surface area contributed by atoms with Crippen LogP contribution in [0.25, 0.3) is 11.5 Å². The number of carbonyl (C=O) groups excluding carboxylic acids is 1. The van der Waals surface area contributed by atoms with Crippen molar-refractivity contribution in [3.63, 3.8) is 0 Å². The molecule has 7 nitrogen and oxygen atoms in total.